The van der Waals surface area contributed by atoms with E-state index in [1.165, 1.54) is 6.21 Å². The third kappa shape index (κ3) is 1.35. The van der Waals surface area contributed by atoms with Gasteiger partial charge in [-0.15, -0.1) is 0 Å². The molecule has 0 saturated carbocycles. The third-order valence-electron chi connectivity index (χ3n) is 1.08. The van der Waals surface area contributed by atoms with Gasteiger partial charge in [0.25, 0.3) is 0 Å². The molecule has 1 aromatic rings. The van der Waals surface area contributed by atoms with E-state index in [4.69, 9.17) is 5.41 Å². The maximum absolute atomic E-state index is 6.83. The Morgan fingerprint density at radius 2 is 2.33 bits per heavy atom. The molecule has 0 saturated heterocycles. The Morgan fingerprint density at radius 3 is 2.78 bits per heavy atom. The molecule has 46 valence electrons. The first kappa shape index (κ1) is 5.95. The summed E-state index contributed by atoms with van der Waals surface area (Å²) in [6.45, 7) is 1.97. The van der Waals surface area contributed by atoms with Gasteiger partial charge in [-0.05, 0) is 18.6 Å². The number of nitrogens with zero attached hydrogens (tertiary/aromatic N) is 1. The molecule has 0 bridgehead atoms. The first-order valence-corrected chi connectivity index (χ1v) is 2.76. The van der Waals surface area contributed by atoms with Crippen LogP contribution in [0.4, 0.5) is 0 Å². The number of hydrogen-bond donors (Lipinski definition) is 1. The van der Waals surface area contributed by atoms with Gasteiger partial charge >= 0.3 is 0 Å². The predicted molar refractivity (Wildman–Crippen MR) is 36.9 cm³/mol. The maximum Gasteiger partial charge on any atom is 0.0805 e. The molecule has 1 rings (SSSR count). The van der Waals surface area contributed by atoms with E-state index in [0.29, 0.717) is 5.69 Å². The number of aryl methyl sites for hydroxylation is 1. The zero-order valence-corrected chi connectivity index (χ0v) is 5.26. The Kier molecular flexibility index (Phi) is 1.58. The van der Waals surface area contributed by atoms with Crippen LogP contribution in [0.15, 0.2) is 18.3 Å². The zero-order valence-electron chi connectivity index (χ0n) is 5.26. The molecule has 0 aliphatic rings. The van der Waals surface area contributed by atoms with Crippen molar-refractivity contribution in [1.82, 2.24) is 4.98 Å². The van der Waals surface area contributed by atoms with Gasteiger partial charge in [0.05, 0.1) is 5.69 Å². The summed E-state index contributed by atoms with van der Waals surface area (Å²) in [4.78, 5) is 3.95. The number of pyridine rings is 1. The fourth-order valence-corrected chi connectivity index (χ4v) is 0.565. The molecule has 0 aliphatic heterocycles. The average molecular weight is 120 g/mol. The highest BCUT2D eigenvalue weighted by molar-refractivity contribution is 5.73. The standard InChI is InChI=1S/C7H8N2/c1-6-2-3-7(4-8)9-5-6/h2-5,8H,1H3. The van der Waals surface area contributed by atoms with E-state index in [1.54, 1.807) is 6.20 Å². The van der Waals surface area contributed by atoms with E-state index >= 15 is 0 Å². The largest absolute Gasteiger partial charge is 0.307 e. The number of nitrogens with one attached hydrogen (secondary N) is 1. The molecule has 0 fully saturated rings. The van der Waals surface area contributed by atoms with Crippen molar-refractivity contribution in [1.29, 1.82) is 5.41 Å². The summed E-state index contributed by atoms with van der Waals surface area (Å²) in [7, 11) is 0. The second-order valence-corrected chi connectivity index (χ2v) is 1.90. The molecule has 0 amide bonds. The highest BCUT2D eigenvalue weighted by atomic mass is 14.7. The Balaban J connectivity index is 3.01. The van der Waals surface area contributed by atoms with E-state index in [-0.39, 0.29) is 0 Å². The lowest BCUT2D eigenvalue weighted by Crippen LogP contribution is -1.84. The van der Waals surface area contributed by atoms with E-state index in [0.717, 1.165) is 5.56 Å². The minimum absolute atomic E-state index is 0.709. The van der Waals surface area contributed by atoms with Crippen LogP contribution in [0.5, 0.6) is 0 Å². The molecular formula is C7H8N2. The predicted octanol–water partition coefficient (Wildman–Crippen LogP) is 1.39. The summed E-state index contributed by atoms with van der Waals surface area (Å²) in [5, 5.41) is 6.83. The zero-order chi connectivity index (χ0) is 6.69. The molecule has 0 radical (unpaired) electrons. The van der Waals surface area contributed by atoms with Crippen molar-refractivity contribution >= 4 is 6.21 Å². The fraction of sp³-hybridized carbons (Fsp3) is 0.143. The SMILES string of the molecule is Cc1ccc(C=N)nc1. The van der Waals surface area contributed by atoms with Crippen molar-refractivity contribution in [2.45, 2.75) is 6.92 Å². The molecule has 0 spiro atoms. The third-order valence-corrected chi connectivity index (χ3v) is 1.08. The van der Waals surface area contributed by atoms with E-state index in [2.05, 4.69) is 4.98 Å². The Morgan fingerprint density at radius 1 is 1.56 bits per heavy atom. The van der Waals surface area contributed by atoms with Gasteiger partial charge in [0.15, 0.2) is 0 Å². The van der Waals surface area contributed by atoms with Crippen LogP contribution in [0.25, 0.3) is 0 Å². The highest BCUT2D eigenvalue weighted by Crippen LogP contribution is 1.94. The molecule has 0 aromatic carbocycles. The second-order valence-electron chi connectivity index (χ2n) is 1.90. The lowest BCUT2D eigenvalue weighted by molar-refractivity contribution is 1.24. The summed E-state index contributed by atoms with van der Waals surface area (Å²) in [5.74, 6) is 0. The molecular weight excluding hydrogens is 112 g/mol. The molecule has 9 heavy (non-hydrogen) atoms. The topological polar surface area (TPSA) is 36.7 Å². The monoisotopic (exact) mass is 120 g/mol. The smallest absolute Gasteiger partial charge is 0.0805 e. The van der Waals surface area contributed by atoms with Crippen molar-refractivity contribution in [3.63, 3.8) is 0 Å². The summed E-state index contributed by atoms with van der Waals surface area (Å²) >= 11 is 0. The summed E-state index contributed by atoms with van der Waals surface area (Å²) in [5.41, 5.74) is 1.83. The summed E-state index contributed by atoms with van der Waals surface area (Å²) in [6.07, 6.45) is 2.99. The van der Waals surface area contributed by atoms with Crippen molar-refractivity contribution < 1.29 is 0 Å². The second kappa shape index (κ2) is 2.40. The van der Waals surface area contributed by atoms with Gasteiger partial charge in [0.1, 0.15) is 0 Å². The van der Waals surface area contributed by atoms with Gasteiger partial charge in [-0.1, -0.05) is 6.07 Å². The number of rotatable bonds is 1. The summed E-state index contributed by atoms with van der Waals surface area (Å²) < 4.78 is 0. The van der Waals surface area contributed by atoms with Crippen molar-refractivity contribution in [3.8, 4) is 0 Å². The minimum atomic E-state index is 0.709. The highest BCUT2D eigenvalue weighted by Gasteiger charge is 1.84. The van der Waals surface area contributed by atoms with Crippen LogP contribution in [0.2, 0.25) is 0 Å². The Hall–Kier alpha value is -1.18. The molecule has 0 atom stereocenters. The van der Waals surface area contributed by atoms with Crippen LogP contribution in [0.3, 0.4) is 0 Å². The molecule has 1 N–H and O–H groups in total. The molecule has 1 aromatic heterocycles. The molecule has 2 heteroatoms. The Bertz CT molecular complexity index is 201. The van der Waals surface area contributed by atoms with Gasteiger partial charge in [-0.25, -0.2) is 0 Å². The lowest BCUT2D eigenvalue weighted by Gasteiger charge is -1.89. The van der Waals surface area contributed by atoms with E-state index in [9.17, 15) is 0 Å². The quantitative estimate of drug-likeness (QED) is 0.558. The van der Waals surface area contributed by atoms with Gasteiger partial charge in [-0.2, -0.15) is 0 Å². The van der Waals surface area contributed by atoms with Crippen molar-refractivity contribution in [2.24, 2.45) is 0 Å². The fourth-order valence-electron chi connectivity index (χ4n) is 0.565. The van der Waals surface area contributed by atoms with Gasteiger partial charge in [0, 0.05) is 12.4 Å². The van der Waals surface area contributed by atoms with Crippen LogP contribution in [0, 0.1) is 12.3 Å². The van der Waals surface area contributed by atoms with Gasteiger partial charge < -0.3 is 5.41 Å². The molecule has 1 heterocycles. The van der Waals surface area contributed by atoms with Gasteiger partial charge in [0.2, 0.25) is 0 Å². The summed E-state index contributed by atoms with van der Waals surface area (Å²) in [6, 6.07) is 3.76. The number of aromatic nitrogens is 1. The lowest BCUT2D eigenvalue weighted by atomic mass is 10.3. The van der Waals surface area contributed by atoms with Crippen molar-refractivity contribution in [3.05, 3.63) is 29.6 Å². The van der Waals surface area contributed by atoms with Crippen LogP contribution in [-0.2, 0) is 0 Å². The average Bonchev–Trinajstić information content (AvgIpc) is 1.90. The van der Waals surface area contributed by atoms with E-state index in [1.807, 2.05) is 19.1 Å². The molecule has 0 unspecified atom stereocenters. The van der Waals surface area contributed by atoms with E-state index < -0.39 is 0 Å². The van der Waals surface area contributed by atoms with Crippen LogP contribution in [0.1, 0.15) is 11.3 Å². The maximum atomic E-state index is 6.83. The first-order chi connectivity index (χ1) is 4.33. The number of hydrogen-bond acceptors (Lipinski definition) is 2. The first-order valence-electron chi connectivity index (χ1n) is 2.76. The molecule has 0 aliphatic carbocycles. The van der Waals surface area contributed by atoms with Crippen LogP contribution >= 0.6 is 0 Å². The van der Waals surface area contributed by atoms with Crippen molar-refractivity contribution in [2.75, 3.05) is 0 Å². The van der Waals surface area contributed by atoms with Crippen LogP contribution in [-0.4, -0.2) is 11.2 Å². The Labute approximate surface area is 54.1 Å². The van der Waals surface area contributed by atoms with Gasteiger partial charge in [-0.3, -0.25) is 4.98 Å². The molecule has 2 nitrogen and oxygen atoms in total. The minimum Gasteiger partial charge on any atom is -0.307 e. The van der Waals surface area contributed by atoms with Crippen LogP contribution < -0.4 is 0 Å². The normalized spacial score (nSPS) is 9.00.